The van der Waals surface area contributed by atoms with Crippen molar-refractivity contribution >= 4 is 22.8 Å². The molecule has 1 aromatic carbocycles. The van der Waals surface area contributed by atoms with Gasteiger partial charge >= 0.3 is 5.69 Å². The highest BCUT2D eigenvalue weighted by Gasteiger charge is 2.29. The molecule has 2 aromatic heterocycles. The Morgan fingerprint density at radius 1 is 1.11 bits per heavy atom. The smallest absolute Gasteiger partial charge is 0.312 e. The van der Waals surface area contributed by atoms with Gasteiger partial charge in [0.05, 0.1) is 0 Å². The minimum atomic E-state index is -0.323. The first kappa shape index (κ1) is 17.6. The van der Waals surface area contributed by atoms with Crippen molar-refractivity contribution in [3.8, 4) is 0 Å². The van der Waals surface area contributed by atoms with Crippen molar-refractivity contribution in [1.29, 1.82) is 0 Å². The summed E-state index contributed by atoms with van der Waals surface area (Å²) in [7, 11) is 1.68. The van der Waals surface area contributed by atoms with Crippen molar-refractivity contribution in [2.75, 3.05) is 11.4 Å². The Morgan fingerprint density at radius 2 is 1.78 bits per heavy atom. The van der Waals surface area contributed by atoms with Crippen LogP contribution in [0.5, 0.6) is 0 Å². The van der Waals surface area contributed by atoms with Crippen molar-refractivity contribution in [1.82, 2.24) is 18.7 Å². The molecule has 0 N–H and O–H groups in total. The van der Waals surface area contributed by atoms with Gasteiger partial charge in [0.25, 0.3) is 5.56 Å². The zero-order valence-electron chi connectivity index (χ0n) is 16.5. The van der Waals surface area contributed by atoms with Crippen molar-refractivity contribution in [3.63, 3.8) is 0 Å². The lowest BCUT2D eigenvalue weighted by molar-refractivity contribution is 0.457. The minimum absolute atomic E-state index is 0.260. The Bertz CT molecular complexity index is 1150. The second kappa shape index (κ2) is 6.11. The van der Waals surface area contributed by atoms with E-state index in [-0.39, 0.29) is 11.2 Å². The van der Waals surface area contributed by atoms with E-state index in [1.807, 2.05) is 11.5 Å². The topological polar surface area (TPSA) is 65.1 Å². The summed E-state index contributed by atoms with van der Waals surface area (Å²) in [4.78, 5) is 32.4. The third kappa shape index (κ3) is 2.60. The third-order valence-electron chi connectivity index (χ3n) is 5.28. The second-order valence-electron chi connectivity index (χ2n) is 7.65. The van der Waals surface area contributed by atoms with Crippen molar-refractivity contribution < 1.29 is 0 Å². The van der Waals surface area contributed by atoms with Crippen LogP contribution in [-0.2, 0) is 20.1 Å². The van der Waals surface area contributed by atoms with Crippen LogP contribution in [0.15, 0.2) is 27.8 Å². The molecule has 0 spiro atoms. The number of rotatable bonds is 2. The lowest BCUT2D eigenvalue weighted by Crippen LogP contribution is -2.40. The summed E-state index contributed by atoms with van der Waals surface area (Å²) in [5.41, 5.74) is 3.82. The fraction of sp³-hybridized carbons (Fsp3) is 0.450. The molecule has 0 saturated carbocycles. The minimum Gasteiger partial charge on any atom is -0.312 e. The van der Waals surface area contributed by atoms with Crippen molar-refractivity contribution in [2.45, 2.75) is 40.8 Å². The predicted molar refractivity (Wildman–Crippen MR) is 107 cm³/mol. The SMILES string of the molecule is CCn1c(=O)c2c(nc3n2C[C@@H](C)CN3c2cc(C)cc(C)c2)n(C)c1=O. The molecule has 0 radical (unpaired) electrons. The van der Waals surface area contributed by atoms with Gasteiger partial charge in [-0.15, -0.1) is 0 Å². The molecule has 27 heavy (non-hydrogen) atoms. The first-order valence-electron chi connectivity index (χ1n) is 9.37. The summed E-state index contributed by atoms with van der Waals surface area (Å²) in [6.07, 6.45) is 0. The van der Waals surface area contributed by atoms with E-state index in [0.717, 1.165) is 18.2 Å². The molecule has 0 fully saturated rings. The molecule has 0 bridgehead atoms. The van der Waals surface area contributed by atoms with Crippen LogP contribution < -0.4 is 16.1 Å². The number of imidazole rings is 1. The maximum Gasteiger partial charge on any atom is 0.332 e. The molecule has 3 heterocycles. The fourth-order valence-electron chi connectivity index (χ4n) is 4.11. The molecule has 7 nitrogen and oxygen atoms in total. The number of anilines is 2. The van der Waals surface area contributed by atoms with Crippen LogP contribution in [0.1, 0.15) is 25.0 Å². The molecule has 0 unspecified atom stereocenters. The van der Waals surface area contributed by atoms with Crippen LogP contribution in [0.4, 0.5) is 11.6 Å². The van der Waals surface area contributed by atoms with Gasteiger partial charge in [-0.2, -0.15) is 4.98 Å². The van der Waals surface area contributed by atoms with Crippen LogP contribution >= 0.6 is 0 Å². The highest BCUT2D eigenvalue weighted by molar-refractivity contribution is 5.77. The zero-order chi connectivity index (χ0) is 19.5. The molecule has 1 aliphatic rings. The average Bonchev–Trinajstić information content (AvgIpc) is 2.98. The lowest BCUT2D eigenvalue weighted by Gasteiger charge is -2.33. The van der Waals surface area contributed by atoms with Gasteiger partial charge in [0.15, 0.2) is 11.2 Å². The Balaban J connectivity index is 2.04. The van der Waals surface area contributed by atoms with Gasteiger partial charge in [0.2, 0.25) is 5.95 Å². The molecule has 1 atom stereocenters. The van der Waals surface area contributed by atoms with E-state index >= 15 is 0 Å². The van der Waals surface area contributed by atoms with Gasteiger partial charge in [-0.25, -0.2) is 4.79 Å². The Hall–Kier alpha value is -2.83. The summed E-state index contributed by atoms with van der Waals surface area (Å²) in [6.45, 7) is 10.0. The lowest BCUT2D eigenvalue weighted by atomic mass is 10.1. The summed E-state index contributed by atoms with van der Waals surface area (Å²) < 4.78 is 4.74. The van der Waals surface area contributed by atoms with E-state index in [9.17, 15) is 9.59 Å². The summed E-state index contributed by atoms with van der Waals surface area (Å²) in [6, 6.07) is 6.42. The van der Waals surface area contributed by atoms with Crippen molar-refractivity contribution in [2.24, 2.45) is 13.0 Å². The standard InChI is InChI=1S/C20H25N5O2/c1-6-23-18(26)16-17(22(5)20(23)27)21-19-24(10-14(4)11-25(16)19)15-8-12(2)7-13(3)9-15/h7-9,14H,6,10-11H2,1-5H3/t14-/m0/s1. The first-order chi connectivity index (χ1) is 12.8. The van der Waals surface area contributed by atoms with Crippen LogP contribution in [0.25, 0.3) is 11.2 Å². The molecular formula is C20H25N5O2. The number of hydrogen-bond acceptors (Lipinski definition) is 4. The molecule has 4 rings (SSSR count). The quantitative estimate of drug-likeness (QED) is 0.697. The summed E-state index contributed by atoms with van der Waals surface area (Å²) >= 11 is 0. The van der Waals surface area contributed by atoms with Gasteiger partial charge in [-0.3, -0.25) is 13.9 Å². The van der Waals surface area contributed by atoms with Crippen LogP contribution in [0.2, 0.25) is 0 Å². The van der Waals surface area contributed by atoms with E-state index in [0.29, 0.717) is 30.2 Å². The van der Waals surface area contributed by atoms with Crippen LogP contribution in [0, 0.1) is 19.8 Å². The Labute approximate surface area is 157 Å². The summed E-state index contributed by atoms with van der Waals surface area (Å²) in [5.74, 6) is 1.08. The predicted octanol–water partition coefficient (Wildman–Crippen LogP) is 2.32. The average molecular weight is 367 g/mol. The molecule has 1 aliphatic heterocycles. The molecular weight excluding hydrogens is 342 g/mol. The van der Waals surface area contributed by atoms with E-state index in [1.54, 1.807) is 7.05 Å². The number of fused-ring (bicyclic) bond motifs is 3. The van der Waals surface area contributed by atoms with E-state index in [4.69, 9.17) is 4.98 Å². The Kier molecular flexibility index (Phi) is 3.98. The third-order valence-corrected chi connectivity index (χ3v) is 5.28. The molecule has 7 heteroatoms. The van der Waals surface area contributed by atoms with Gasteiger partial charge in [0.1, 0.15) is 0 Å². The van der Waals surface area contributed by atoms with E-state index in [2.05, 4.69) is 43.9 Å². The number of nitrogens with zero attached hydrogens (tertiary/aromatic N) is 5. The monoisotopic (exact) mass is 367 g/mol. The number of aryl methyl sites for hydroxylation is 3. The maximum atomic E-state index is 13.0. The van der Waals surface area contributed by atoms with Gasteiger partial charge < -0.3 is 9.47 Å². The van der Waals surface area contributed by atoms with Gasteiger partial charge in [-0.05, 0) is 49.9 Å². The molecule has 142 valence electrons. The highest BCUT2D eigenvalue weighted by atomic mass is 16.2. The highest BCUT2D eigenvalue weighted by Crippen LogP contribution is 2.33. The summed E-state index contributed by atoms with van der Waals surface area (Å²) in [5, 5.41) is 0. The fourth-order valence-corrected chi connectivity index (χ4v) is 4.11. The molecule has 0 amide bonds. The van der Waals surface area contributed by atoms with Crippen molar-refractivity contribution in [3.05, 3.63) is 50.2 Å². The first-order valence-corrected chi connectivity index (χ1v) is 9.37. The number of hydrogen-bond donors (Lipinski definition) is 0. The molecule has 0 aliphatic carbocycles. The van der Waals surface area contributed by atoms with Crippen LogP contribution in [0.3, 0.4) is 0 Å². The molecule has 0 saturated heterocycles. The number of benzene rings is 1. The van der Waals surface area contributed by atoms with E-state index in [1.165, 1.54) is 20.3 Å². The Morgan fingerprint density at radius 3 is 2.41 bits per heavy atom. The normalized spacial score (nSPS) is 16.8. The van der Waals surface area contributed by atoms with E-state index < -0.39 is 0 Å². The molecule has 3 aromatic rings. The van der Waals surface area contributed by atoms with Gasteiger partial charge in [0, 0.05) is 32.4 Å². The second-order valence-corrected chi connectivity index (χ2v) is 7.65. The maximum absolute atomic E-state index is 13.0. The van der Waals surface area contributed by atoms with Crippen LogP contribution in [-0.4, -0.2) is 25.2 Å². The van der Waals surface area contributed by atoms with Gasteiger partial charge in [-0.1, -0.05) is 13.0 Å². The number of aromatic nitrogens is 4. The zero-order valence-corrected chi connectivity index (χ0v) is 16.5. The largest absolute Gasteiger partial charge is 0.332 e.